The summed E-state index contributed by atoms with van der Waals surface area (Å²) in [7, 11) is 0. The molecule has 1 N–H and O–H groups in total. The molecule has 2 aromatic heterocycles. The second-order valence-electron chi connectivity index (χ2n) is 7.00. The highest BCUT2D eigenvalue weighted by Gasteiger charge is 2.14. The summed E-state index contributed by atoms with van der Waals surface area (Å²) < 4.78 is 2.24. The van der Waals surface area contributed by atoms with Crippen molar-refractivity contribution in [3.05, 3.63) is 84.5 Å². The Labute approximate surface area is 170 Å². The van der Waals surface area contributed by atoms with Gasteiger partial charge in [0.05, 0.1) is 5.69 Å². The summed E-state index contributed by atoms with van der Waals surface area (Å²) in [6.45, 7) is 6.76. The van der Waals surface area contributed by atoms with E-state index in [1.165, 1.54) is 5.56 Å². The SMILES string of the molecule is C=CCc1cn(Cc2ccc(-c3ccccc3)c(-c3nn[nH]n3)c2)c(CCC)n1. The Morgan fingerprint density at radius 2 is 1.97 bits per heavy atom. The van der Waals surface area contributed by atoms with Gasteiger partial charge in [0.1, 0.15) is 5.82 Å². The fraction of sp³-hybridized carbons (Fsp3) is 0.217. The molecule has 146 valence electrons. The Bertz CT molecular complexity index is 1080. The molecule has 6 heteroatoms. The van der Waals surface area contributed by atoms with Gasteiger partial charge in [-0.25, -0.2) is 4.98 Å². The zero-order valence-corrected chi connectivity index (χ0v) is 16.5. The maximum atomic E-state index is 4.78. The third-order valence-corrected chi connectivity index (χ3v) is 4.84. The van der Waals surface area contributed by atoms with Crippen molar-refractivity contribution in [1.82, 2.24) is 30.2 Å². The first-order chi connectivity index (χ1) is 14.3. The molecule has 0 aliphatic rings. The highest BCUT2D eigenvalue weighted by atomic mass is 15.5. The highest BCUT2D eigenvalue weighted by molar-refractivity contribution is 5.80. The highest BCUT2D eigenvalue weighted by Crippen LogP contribution is 2.31. The van der Waals surface area contributed by atoms with E-state index in [9.17, 15) is 0 Å². The number of aryl methyl sites for hydroxylation is 1. The van der Waals surface area contributed by atoms with E-state index >= 15 is 0 Å². The zero-order valence-electron chi connectivity index (χ0n) is 16.5. The average Bonchev–Trinajstić information content (AvgIpc) is 3.40. The van der Waals surface area contributed by atoms with Gasteiger partial charge in [0.15, 0.2) is 0 Å². The Hall–Kier alpha value is -3.54. The van der Waals surface area contributed by atoms with Crippen molar-refractivity contribution in [2.24, 2.45) is 0 Å². The van der Waals surface area contributed by atoms with Crippen molar-refractivity contribution in [3.63, 3.8) is 0 Å². The molecular formula is C23H24N6. The van der Waals surface area contributed by atoms with E-state index in [1.54, 1.807) is 0 Å². The number of rotatable bonds is 8. The van der Waals surface area contributed by atoms with Crippen LogP contribution in [0.15, 0.2) is 67.4 Å². The van der Waals surface area contributed by atoms with E-state index in [2.05, 4.69) is 75.2 Å². The monoisotopic (exact) mass is 384 g/mol. The van der Waals surface area contributed by atoms with Gasteiger partial charge >= 0.3 is 0 Å². The predicted molar refractivity (Wildman–Crippen MR) is 114 cm³/mol. The van der Waals surface area contributed by atoms with Gasteiger partial charge in [-0.1, -0.05) is 55.5 Å². The van der Waals surface area contributed by atoms with E-state index in [1.807, 2.05) is 24.3 Å². The van der Waals surface area contributed by atoms with Crippen LogP contribution in [0.5, 0.6) is 0 Å². The summed E-state index contributed by atoms with van der Waals surface area (Å²) >= 11 is 0. The number of hydrogen-bond donors (Lipinski definition) is 1. The summed E-state index contributed by atoms with van der Waals surface area (Å²) in [5.74, 6) is 1.70. The molecule has 6 nitrogen and oxygen atoms in total. The first-order valence-corrected chi connectivity index (χ1v) is 9.86. The van der Waals surface area contributed by atoms with Crippen molar-refractivity contribution >= 4 is 0 Å². The average molecular weight is 384 g/mol. The molecule has 0 bridgehead atoms. The number of benzene rings is 2. The molecule has 4 rings (SSSR count). The van der Waals surface area contributed by atoms with E-state index in [0.717, 1.165) is 54.0 Å². The van der Waals surface area contributed by atoms with Crippen molar-refractivity contribution in [3.8, 4) is 22.5 Å². The van der Waals surface area contributed by atoms with Crippen LogP contribution in [-0.4, -0.2) is 30.2 Å². The number of imidazole rings is 1. The van der Waals surface area contributed by atoms with Gasteiger partial charge in [0.2, 0.25) is 5.82 Å². The van der Waals surface area contributed by atoms with Gasteiger partial charge in [-0.2, -0.15) is 5.21 Å². The van der Waals surface area contributed by atoms with Crippen molar-refractivity contribution < 1.29 is 0 Å². The van der Waals surface area contributed by atoms with Gasteiger partial charge in [-0.15, -0.1) is 16.8 Å². The molecule has 0 spiro atoms. The number of hydrogen-bond acceptors (Lipinski definition) is 4. The largest absolute Gasteiger partial charge is 0.330 e. The van der Waals surface area contributed by atoms with E-state index < -0.39 is 0 Å². The quantitative estimate of drug-likeness (QED) is 0.455. The van der Waals surface area contributed by atoms with Crippen molar-refractivity contribution in [1.29, 1.82) is 0 Å². The molecule has 0 saturated carbocycles. The number of tetrazole rings is 1. The minimum atomic E-state index is 0.595. The third kappa shape index (κ3) is 4.16. The predicted octanol–water partition coefficient (Wildman–Crippen LogP) is 4.46. The van der Waals surface area contributed by atoms with Crippen LogP contribution in [-0.2, 0) is 19.4 Å². The fourth-order valence-electron chi connectivity index (χ4n) is 3.54. The molecule has 29 heavy (non-hydrogen) atoms. The first-order valence-electron chi connectivity index (χ1n) is 9.86. The first kappa shape index (κ1) is 18.8. The number of nitrogens with zero attached hydrogens (tertiary/aromatic N) is 5. The molecule has 0 unspecified atom stereocenters. The number of aromatic amines is 1. The summed E-state index contributed by atoms with van der Waals surface area (Å²) in [6, 6.07) is 16.7. The molecule has 0 aliphatic heterocycles. The lowest BCUT2D eigenvalue weighted by Crippen LogP contribution is -2.04. The van der Waals surface area contributed by atoms with E-state index in [0.29, 0.717) is 5.82 Å². The molecule has 0 atom stereocenters. The Balaban J connectivity index is 1.73. The van der Waals surface area contributed by atoms with Gasteiger partial charge in [0, 0.05) is 31.1 Å². The normalized spacial score (nSPS) is 10.9. The van der Waals surface area contributed by atoms with Gasteiger partial charge in [0.25, 0.3) is 0 Å². The molecule has 0 fully saturated rings. The van der Waals surface area contributed by atoms with Gasteiger partial charge in [-0.3, -0.25) is 0 Å². The molecule has 0 amide bonds. The molecule has 4 aromatic rings. The second-order valence-corrected chi connectivity index (χ2v) is 7.00. The molecule has 0 radical (unpaired) electrons. The Morgan fingerprint density at radius 3 is 2.69 bits per heavy atom. The van der Waals surface area contributed by atoms with Crippen LogP contribution in [0, 0.1) is 0 Å². The van der Waals surface area contributed by atoms with Crippen LogP contribution >= 0.6 is 0 Å². The Morgan fingerprint density at radius 1 is 1.10 bits per heavy atom. The molecule has 2 aromatic carbocycles. The number of nitrogens with one attached hydrogen (secondary N) is 1. The number of aromatic nitrogens is 6. The van der Waals surface area contributed by atoms with Crippen LogP contribution in [0.1, 0.15) is 30.4 Å². The van der Waals surface area contributed by atoms with Crippen LogP contribution in [0.3, 0.4) is 0 Å². The summed E-state index contributed by atoms with van der Waals surface area (Å²) in [5.41, 5.74) is 5.40. The number of allylic oxidation sites excluding steroid dienone is 1. The minimum absolute atomic E-state index is 0.595. The van der Waals surface area contributed by atoms with Crippen molar-refractivity contribution in [2.75, 3.05) is 0 Å². The van der Waals surface area contributed by atoms with Crippen LogP contribution < -0.4 is 0 Å². The minimum Gasteiger partial charge on any atom is -0.330 e. The summed E-state index contributed by atoms with van der Waals surface area (Å²) in [5, 5.41) is 14.8. The van der Waals surface area contributed by atoms with Crippen molar-refractivity contribution in [2.45, 2.75) is 32.7 Å². The van der Waals surface area contributed by atoms with E-state index in [4.69, 9.17) is 4.98 Å². The second kappa shape index (κ2) is 8.65. The standard InChI is InChI=1S/C23H24N6/c1-3-8-19-16-29(22(24-19)9-4-2)15-17-12-13-20(18-10-6-5-7-11-18)21(14-17)23-25-27-28-26-23/h3,5-7,10-14,16H,1,4,8-9,15H2,2H3,(H,25,26,27,28). The zero-order chi connectivity index (χ0) is 20.1. The van der Waals surface area contributed by atoms with E-state index in [-0.39, 0.29) is 0 Å². The van der Waals surface area contributed by atoms with Gasteiger partial charge in [-0.05, 0) is 34.4 Å². The van der Waals surface area contributed by atoms with Crippen LogP contribution in [0.2, 0.25) is 0 Å². The maximum absolute atomic E-state index is 4.78. The lowest BCUT2D eigenvalue weighted by molar-refractivity contribution is 0.705. The summed E-state index contributed by atoms with van der Waals surface area (Å²) in [6.07, 6.45) is 6.82. The van der Waals surface area contributed by atoms with Crippen LogP contribution in [0.25, 0.3) is 22.5 Å². The summed E-state index contributed by atoms with van der Waals surface area (Å²) in [4.78, 5) is 4.78. The third-order valence-electron chi connectivity index (χ3n) is 4.84. The molecule has 0 aliphatic carbocycles. The Kier molecular flexibility index (Phi) is 5.61. The molecule has 0 saturated heterocycles. The lowest BCUT2D eigenvalue weighted by atomic mass is 9.97. The maximum Gasteiger partial charge on any atom is 0.205 e. The fourth-order valence-corrected chi connectivity index (χ4v) is 3.54. The van der Waals surface area contributed by atoms with Crippen LogP contribution in [0.4, 0.5) is 0 Å². The molecular weight excluding hydrogens is 360 g/mol. The molecule has 2 heterocycles. The van der Waals surface area contributed by atoms with Gasteiger partial charge < -0.3 is 4.57 Å². The number of H-pyrrole nitrogens is 1. The smallest absolute Gasteiger partial charge is 0.205 e. The topological polar surface area (TPSA) is 72.3 Å². The lowest BCUT2D eigenvalue weighted by Gasteiger charge is -2.12.